The number of rotatable bonds is 7. The molecule has 8 heteroatoms. The molecule has 0 atom stereocenters. The lowest BCUT2D eigenvalue weighted by molar-refractivity contribution is 0.1000. The van der Waals surface area contributed by atoms with Gasteiger partial charge in [0.25, 0.3) is 0 Å². The van der Waals surface area contributed by atoms with Crippen LogP contribution in [0.1, 0.15) is 27.9 Å². The van der Waals surface area contributed by atoms with Gasteiger partial charge in [-0.2, -0.15) is 0 Å². The molecule has 0 aliphatic rings. The van der Waals surface area contributed by atoms with Crippen molar-refractivity contribution < 1.29 is 9.18 Å². The summed E-state index contributed by atoms with van der Waals surface area (Å²) in [6.07, 6.45) is 1.42. The normalized spacial score (nSPS) is 10.9. The van der Waals surface area contributed by atoms with Crippen molar-refractivity contribution in [2.24, 2.45) is 10.7 Å². The van der Waals surface area contributed by atoms with E-state index in [1.807, 2.05) is 12.1 Å². The van der Waals surface area contributed by atoms with E-state index in [4.69, 9.17) is 5.73 Å². The maximum Gasteiger partial charge on any atom is 0.248 e. The predicted octanol–water partition coefficient (Wildman–Crippen LogP) is 3.60. The molecule has 0 unspecified atom stereocenters. The Kier molecular flexibility index (Phi) is 10.3. The van der Waals surface area contributed by atoms with Crippen LogP contribution in [-0.4, -0.2) is 25.5 Å². The molecule has 0 fully saturated rings. The van der Waals surface area contributed by atoms with E-state index in [-0.39, 0.29) is 29.8 Å². The van der Waals surface area contributed by atoms with Crippen LogP contribution in [0.2, 0.25) is 0 Å². The summed E-state index contributed by atoms with van der Waals surface area (Å²) in [5, 5.41) is 6.37. The highest BCUT2D eigenvalue weighted by Gasteiger charge is 2.04. The Balaban J connectivity index is 0.00000364. The van der Waals surface area contributed by atoms with Crippen molar-refractivity contribution in [1.82, 2.24) is 10.6 Å². The summed E-state index contributed by atoms with van der Waals surface area (Å²) < 4.78 is 14.5. The van der Waals surface area contributed by atoms with Gasteiger partial charge in [0.05, 0.1) is 0 Å². The maximum absolute atomic E-state index is 13.8. The highest BCUT2D eigenvalue weighted by atomic mass is 127. The summed E-state index contributed by atoms with van der Waals surface area (Å²) >= 11 is 3.25. The van der Waals surface area contributed by atoms with Crippen molar-refractivity contribution in [3.05, 3.63) is 69.4 Å². The Labute approximate surface area is 184 Å². The van der Waals surface area contributed by atoms with E-state index in [2.05, 4.69) is 31.6 Å². The molecule has 27 heavy (non-hydrogen) atoms. The number of halogens is 3. The number of guanidine groups is 1. The SMILES string of the molecule is CN=C(NCCCc1ccc(Br)cc1F)NCc1cccc(C(N)=O)c1.I. The third-order valence-corrected chi connectivity index (χ3v) is 4.32. The quantitative estimate of drug-likeness (QED) is 0.214. The highest BCUT2D eigenvalue weighted by molar-refractivity contribution is 14.0. The molecule has 2 rings (SSSR count). The summed E-state index contributed by atoms with van der Waals surface area (Å²) in [5.74, 6) is -0.00324. The zero-order valence-electron chi connectivity index (χ0n) is 15.0. The van der Waals surface area contributed by atoms with Crippen LogP contribution < -0.4 is 16.4 Å². The van der Waals surface area contributed by atoms with E-state index in [0.29, 0.717) is 36.6 Å². The van der Waals surface area contributed by atoms with Crippen molar-refractivity contribution in [2.75, 3.05) is 13.6 Å². The number of hydrogen-bond donors (Lipinski definition) is 3. The van der Waals surface area contributed by atoms with E-state index in [0.717, 1.165) is 16.5 Å². The topological polar surface area (TPSA) is 79.5 Å². The lowest BCUT2D eigenvalue weighted by Gasteiger charge is -2.12. The standard InChI is InChI=1S/C19H22BrFN4O.HI/c1-23-19(25-12-13-4-2-5-15(10-13)18(22)26)24-9-3-6-14-7-8-16(20)11-17(14)21;/h2,4-5,7-8,10-11H,3,6,9,12H2,1H3,(H2,22,26)(H2,23,24,25);1H. The molecule has 2 aromatic carbocycles. The number of carbonyl (C=O) groups is 1. The fraction of sp³-hybridized carbons (Fsp3) is 0.263. The molecule has 2 aromatic rings. The van der Waals surface area contributed by atoms with Crippen LogP contribution in [0, 0.1) is 5.82 Å². The highest BCUT2D eigenvalue weighted by Crippen LogP contribution is 2.16. The molecule has 4 N–H and O–H groups in total. The molecule has 0 aliphatic carbocycles. The molecular formula is C19H23BrFIN4O. The molecule has 5 nitrogen and oxygen atoms in total. The van der Waals surface area contributed by atoms with Gasteiger partial charge in [0, 0.05) is 30.2 Å². The summed E-state index contributed by atoms with van der Waals surface area (Å²) in [4.78, 5) is 15.4. The second-order valence-electron chi connectivity index (χ2n) is 5.76. The molecule has 146 valence electrons. The zero-order chi connectivity index (χ0) is 18.9. The number of hydrogen-bond acceptors (Lipinski definition) is 2. The number of aryl methyl sites for hydroxylation is 1. The van der Waals surface area contributed by atoms with Crippen molar-refractivity contribution in [3.8, 4) is 0 Å². The number of aliphatic imine (C=N–C) groups is 1. The van der Waals surface area contributed by atoms with Gasteiger partial charge in [-0.3, -0.25) is 9.79 Å². The Morgan fingerprint density at radius 2 is 2.00 bits per heavy atom. The van der Waals surface area contributed by atoms with Crippen LogP contribution in [0.5, 0.6) is 0 Å². The fourth-order valence-corrected chi connectivity index (χ4v) is 2.78. The smallest absolute Gasteiger partial charge is 0.248 e. The molecule has 0 aromatic heterocycles. The Hall–Kier alpha value is -1.68. The molecule has 0 saturated heterocycles. The summed E-state index contributed by atoms with van der Waals surface area (Å²) in [7, 11) is 1.68. The monoisotopic (exact) mass is 548 g/mol. The molecule has 0 radical (unpaired) electrons. The third kappa shape index (κ3) is 7.84. The van der Waals surface area contributed by atoms with Gasteiger partial charge in [0.2, 0.25) is 5.91 Å². The lowest BCUT2D eigenvalue weighted by Crippen LogP contribution is -2.37. The second kappa shape index (κ2) is 11.9. The van der Waals surface area contributed by atoms with Crippen molar-refractivity contribution >= 4 is 51.8 Å². The zero-order valence-corrected chi connectivity index (χ0v) is 18.9. The largest absolute Gasteiger partial charge is 0.366 e. The molecule has 0 saturated carbocycles. The van der Waals surface area contributed by atoms with Crippen molar-refractivity contribution in [1.29, 1.82) is 0 Å². The van der Waals surface area contributed by atoms with E-state index in [9.17, 15) is 9.18 Å². The van der Waals surface area contributed by atoms with Gasteiger partial charge in [0.1, 0.15) is 5.82 Å². The first-order chi connectivity index (χ1) is 12.5. The summed E-state index contributed by atoms with van der Waals surface area (Å²) in [5.41, 5.74) is 7.39. The van der Waals surface area contributed by atoms with Gasteiger partial charge >= 0.3 is 0 Å². The average molecular weight is 549 g/mol. The van der Waals surface area contributed by atoms with Crippen LogP contribution in [0.15, 0.2) is 51.9 Å². The number of carbonyl (C=O) groups excluding carboxylic acids is 1. The van der Waals surface area contributed by atoms with Gasteiger partial charge in [0.15, 0.2) is 5.96 Å². The Bertz CT molecular complexity index is 801. The number of amides is 1. The van der Waals surface area contributed by atoms with Gasteiger partial charge in [-0.05, 0) is 48.2 Å². The number of primary amides is 1. The first-order valence-corrected chi connectivity index (χ1v) is 9.06. The molecule has 0 aliphatic heterocycles. The first-order valence-electron chi connectivity index (χ1n) is 8.27. The van der Waals surface area contributed by atoms with E-state index >= 15 is 0 Å². The average Bonchev–Trinajstić information content (AvgIpc) is 2.62. The van der Waals surface area contributed by atoms with Gasteiger partial charge in [-0.1, -0.05) is 34.1 Å². The minimum atomic E-state index is -0.450. The van der Waals surface area contributed by atoms with Crippen molar-refractivity contribution in [3.63, 3.8) is 0 Å². The molecule has 0 spiro atoms. The van der Waals surface area contributed by atoms with Crippen LogP contribution in [0.3, 0.4) is 0 Å². The minimum Gasteiger partial charge on any atom is -0.366 e. The lowest BCUT2D eigenvalue weighted by atomic mass is 10.1. The molecule has 1 amide bonds. The third-order valence-electron chi connectivity index (χ3n) is 3.83. The molecule has 0 heterocycles. The van der Waals surface area contributed by atoms with Crippen LogP contribution in [-0.2, 0) is 13.0 Å². The van der Waals surface area contributed by atoms with Crippen LogP contribution in [0.25, 0.3) is 0 Å². The fourth-order valence-electron chi connectivity index (χ4n) is 2.45. The Morgan fingerprint density at radius 3 is 2.67 bits per heavy atom. The van der Waals surface area contributed by atoms with Gasteiger partial charge in [-0.25, -0.2) is 4.39 Å². The van der Waals surface area contributed by atoms with Gasteiger partial charge < -0.3 is 16.4 Å². The maximum atomic E-state index is 13.8. The summed E-state index contributed by atoms with van der Waals surface area (Å²) in [6.45, 7) is 1.18. The first kappa shape index (κ1) is 23.4. The van der Waals surface area contributed by atoms with Gasteiger partial charge in [-0.15, -0.1) is 24.0 Å². The van der Waals surface area contributed by atoms with E-state index in [1.165, 1.54) is 6.07 Å². The molecule has 0 bridgehead atoms. The van der Waals surface area contributed by atoms with Crippen molar-refractivity contribution in [2.45, 2.75) is 19.4 Å². The van der Waals surface area contributed by atoms with Crippen LogP contribution >= 0.6 is 39.9 Å². The number of nitrogens with two attached hydrogens (primary N) is 1. The number of benzene rings is 2. The van der Waals surface area contributed by atoms with E-state index in [1.54, 1.807) is 31.3 Å². The number of nitrogens with zero attached hydrogens (tertiary/aromatic N) is 1. The number of nitrogens with one attached hydrogen (secondary N) is 2. The summed E-state index contributed by atoms with van der Waals surface area (Å²) in [6, 6.07) is 12.2. The Morgan fingerprint density at radius 1 is 1.22 bits per heavy atom. The van der Waals surface area contributed by atoms with Crippen LogP contribution in [0.4, 0.5) is 4.39 Å². The molecular weight excluding hydrogens is 526 g/mol. The second-order valence-corrected chi connectivity index (χ2v) is 6.67. The van der Waals surface area contributed by atoms with E-state index < -0.39 is 5.91 Å². The minimum absolute atomic E-state index is 0. The predicted molar refractivity (Wildman–Crippen MR) is 121 cm³/mol.